The molecule has 0 aromatic carbocycles. The van der Waals surface area contributed by atoms with E-state index in [0.717, 1.165) is 13.0 Å². The van der Waals surface area contributed by atoms with Gasteiger partial charge in [0.2, 0.25) is 0 Å². The molecule has 120 valence electrons. The van der Waals surface area contributed by atoms with Gasteiger partial charge < -0.3 is 0 Å². The van der Waals surface area contributed by atoms with Crippen molar-refractivity contribution in [3.05, 3.63) is 12.2 Å². The van der Waals surface area contributed by atoms with E-state index >= 15 is 0 Å². The number of halogens is 2. The molecule has 2 heterocycles. The molecule has 0 spiro atoms. The van der Waals surface area contributed by atoms with E-state index in [1.54, 1.807) is 0 Å². The molecule has 1 atom stereocenters. The largest absolute Gasteiger partial charge is 0.293 e. The van der Waals surface area contributed by atoms with Crippen LogP contribution < -0.4 is 0 Å². The second-order valence-corrected chi connectivity index (χ2v) is 6.35. The second-order valence-electron chi connectivity index (χ2n) is 6.35. The molecule has 21 heavy (non-hydrogen) atoms. The Morgan fingerprint density at radius 2 is 2.10 bits per heavy atom. The molecule has 1 saturated heterocycles. The van der Waals surface area contributed by atoms with Gasteiger partial charge >= 0.3 is 0 Å². The summed E-state index contributed by atoms with van der Waals surface area (Å²) in [5, 5.41) is 3.93. The van der Waals surface area contributed by atoms with Gasteiger partial charge in [-0.2, -0.15) is 5.10 Å². The van der Waals surface area contributed by atoms with Gasteiger partial charge in [-0.25, -0.2) is 18.4 Å². The first-order valence-corrected chi connectivity index (χ1v) is 7.95. The number of rotatable bonds is 6. The van der Waals surface area contributed by atoms with Crippen molar-refractivity contribution in [3.63, 3.8) is 0 Å². The molecule has 4 nitrogen and oxygen atoms in total. The monoisotopic (exact) mass is 300 g/mol. The van der Waals surface area contributed by atoms with E-state index in [-0.39, 0.29) is 6.54 Å². The Bertz CT molecular complexity index is 420. The van der Waals surface area contributed by atoms with Crippen LogP contribution in [0.5, 0.6) is 0 Å². The highest BCUT2D eigenvalue weighted by Gasteiger charge is 2.23. The highest BCUT2D eigenvalue weighted by molar-refractivity contribution is 4.88. The molecule has 1 aliphatic rings. The summed E-state index contributed by atoms with van der Waals surface area (Å²) in [5.41, 5.74) is 0. The summed E-state index contributed by atoms with van der Waals surface area (Å²) in [7, 11) is 0. The quantitative estimate of drug-likeness (QED) is 0.808. The molecule has 1 unspecified atom stereocenters. The number of alkyl halides is 2. The first kappa shape index (κ1) is 16.3. The maximum Gasteiger partial charge on any atom is 0.257 e. The van der Waals surface area contributed by atoms with Gasteiger partial charge in [-0.3, -0.25) is 4.90 Å². The fraction of sp³-hybridized carbons (Fsp3) is 0.867. The van der Waals surface area contributed by atoms with Crippen molar-refractivity contribution >= 4 is 0 Å². The highest BCUT2D eigenvalue weighted by atomic mass is 19.3. The van der Waals surface area contributed by atoms with Crippen LogP contribution in [-0.4, -0.2) is 38.7 Å². The Hall–Kier alpha value is -1.04. The third kappa shape index (κ3) is 5.02. The molecule has 0 saturated carbocycles. The molecule has 1 aromatic rings. The van der Waals surface area contributed by atoms with Crippen molar-refractivity contribution in [2.24, 2.45) is 5.92 Å². The van der Waals surface area contributed by atoms with Crippen molar-refractivity contribution in [3.8, 4) is 0 Å². The van der Waals surface area contributed by atoms with Crippen LogP contribution in [0.25, 0.3) is 0 Å². The van der Waals surface area contributed by atoms with E-state index < -0.39 is 6.43 Å². The van der Waals surface area contributed by atoms with Crippen molar-refractivity contribution in [1.82, 2.24) is 19.7 Å². The highest BCUT2D eigenvalue weighted by Crippen LogP contribution is 2.23. The number of hydrogen-bond acceptors (Lipinski definition) is 3. The van der Waals surface area contributed by atoms with Gasteiger partial charge in [0, 0.05) is 6.04 Å². The van der Waals surface area contributed by atoms with Crippen molar-refractivity contribution in [2.45, 2.75) is 71.5 Å². The molecule has 0 amide bonds. The SMILES string of the molecule is CC(C)CC1CCCCCN1Cc1ncnn1CC(F)F. The summed E-state index contributed by atoms with van der Waals surface area (Å²) in [5.74, 6) is 1.31. The zero-order chi connectivity index (χ0) is 15.2. The Kier molecular flexibility index (Phi) is 6.08. The first-order chi connectivity index (χ1) is 10.1. The van der Waals surface area contributed by atoms with Crippen LogP contribution in [0, 0.1) is 5.92 Å². The predicted molar refractivity (Wildman–Crippen MR) is 78.1 cm³/mol. The smallest absolute Gasteiger partial charge is 0.257 e. The molecule has 0 bridgehead atoms. The average molecular weight is 300 g/mol. The van der Waals surface area contributed by atoms with E-state index in [2.05, 4.69) is 28.8 Å². The molecule has 0 N–H and O–H groups in total. The van der Waals surface area contributed by atoms with Crippen LogP contribution >= 0.6 is 0 Å². The molecule has 1 aliphatic heterocycles. The van der Waals surface area contributed by atoms with Crippen molar-refractivity contribution in [2.75, 3.05) is 6.54 Å². The third-order valence-electron chi connectivity index (χ3n) is 4.09. The van der Waals surface area contributed by atoms with E-state index in [9.17, 15) is 8.78 Å². The Balaban J connectivity index is 2.05. The zero-order valence-corrected chi connectivity index (χ0v) is 13.0. The molecular weight excluding hydrogens is 274 g/mol. The number of aromatic nitrogens is 3. The predicted octanol–water partition coefficient (Wildman–Crippen LogP) is 3.33. The molecule has 0 aliphatic carbocycles. The van der Waals surface area contributed by atoms with Gasteiger partial charge in [-0.05, 0) is 31.7 Å². The molecular formula is C15H26F2N4. The van der Waals surface area contributed by atoms with E-state index in [0.29, 0.717) is 24.3 Å². The first-order valence-electron chi connectivity index (χ1n) is 7.95. The fourth-order valence-electron chi connectivity index (χ4n) is 3.13. The Morgan fingerprint density at radius 1 is 1.29 bits per heavy atom. The van der Waals surface area contributed by atoms with Gasteiger partial charge in [-0.1, -0.05) is 26.7 Å². The fourth-order valence-corrected chi connectivity index (χ4v) is 3.13. The molecule has 1 fully saturated rings. The topological polar surface area (TPSA) is 34.0 Å². The van der Waals surface area contributed by atoms with Crippen molar-refractivity contribution in [1.29, 1.82) is 0 Å². The number of likely N-dealkylation sites (tertiary alicyclic amines) is 1. The lowest BCUT2D eigenvalue weighted by Crippen LogP contribution is -2.36. The third-order valence-corrected chi connectivity index (χ3v) is 4.09. The maximum atomic E-state index is 12.6. The maximum absolute atomic E-state index is 12.6. The summed E-state index contributed by atoms with van der Waals surface area (Å²) in [4.78, 5) is 6.60. The minimum atomic E-state index is -2.39. The van der Waals surface area contributed by atoms with E-state index in [1.165, 1.54) is 36.7 Å². The molecule has 2 rings (SSSR count). The summed E-state index contributed by atoms with van der Waals surface area (Å²) in [6.45, 7) is 5.77. The number of nitrogens with zero attached hydrogens (tertiary/aromatic N) is 4. The van der Waals surface area contributed by atoms with Crippen LogP contribution in [0.15, 0.2) is 6.33 Å². The summed E-state index contributed by atoms with van der Waals surface area (Å²) in [6, 6.07) is 0.532. The van der Waals surface area contributed by atoms with Gasteiger partial charge in [-0.15, -0.1) is 0 Å². The number of hydrogen-bond donors (Lipinski definition) is 0. The minimum Gasteiger partial charge on any atom is -0.293 e. The van der Waals surface area contributed by atoms with Gasteiger partial charge in [0.05, 0.1) is 6.54 Å². The standard InChI is InChI=1S/C15H26F2N4/c1-12(2)8-13-6-4-3-5-7-20(13)10-15-18-11-19-21(15)9-14(16)17/h11-14H,3-10H2,1-2H3. The van der Waals surface area contributed by atoms with Crippen LogP contribution in [0.2, 0.25) is 0 Å². The summed E-state index contributed by atoms with van der Waals surface area (Å²) < 4.78 is 26.5. The van der Waals surface area contributed by atoms with Gasteiger partial charge in [0.15, 0.2) is 0 Å². The summed E-state index contributed by atoms with van der Waals surface area (Å²) in [6.07, 6.45) is 5.04. The van der Waals surface area contributed by atoms with E-state index in [4.69, 9.17) is 0 Å². The molecule has 6 heteroatoms. The lowest BCUT2D eigenvalue weighted by Gasteiger charge is -2.30. The normalized spacial score (nSPS) is 21.1. The van der Waals surface area contributed by atoms with Gasteiger partial charge in [0.25, 0.3) is 6.43 Å². The van der Waals surface area contributed by atoms with Crippen LogP contribution in [0.1, 0.15) is 51.8 Å². The lowest BCUT2D eigenvalue weighted by molar-refractivity contribution is 0.115. The van der Waals surface area contributed by atoms with E-state index in [1.807, 2.05) is 0 Å². The average Bonchev–Trinajstić information content (AvgIpc) is 2.69. The Labute approximate surface area is 125 Å². The summed E-state index contributed by atoms with van der Waals surface area (Å²) >= 11 is 0. The molecule has 1 aromatic heterocycles. The second kappa shape index (κ2) is 7.82. The van der Waals surface area contributed by atoms with Crippen molar-refractivity contribution < 1.29 is 8.78 Å². The van der Waals surface area contributed by atoms with Crippen LogP contribution in [0.3, 0.4) is 0 Å². The molecule has 0 radical (unpaired) electrons. The Morgan fingerprint density at radius 3 is 2.81 bits per heavy atom. The zero-order valence-electron chi connectivity index (χ0n) is 13.0. The van der Waals surface area contributed by atoms with Crippen LogP contribution in [0.4, 0.5) is 8.78 Å². The van der Waals surface area contributed by atoms with Gasteiger partial charge in [0.1, 0.15) is 18.7 Å². The van der Waals surface area contributed by atoms with Crippen LogP contribution in [-0.2, 0) is 13.1 Å². The lowest BCUT2D eigenvalue weighted by atomic mass is 9.99. The minimum absolute atomic E-state index is 0.363.